The van der Waals surface area contributed by atoms with E-state index >= 15 is 0 Å². The molecule has 0 aliphatic heterocycles. The molecule has 0 unspecified atom stereocenters. The second-order valence-corrected chi connectivity index (χ2v) is 2.51. The van der Waals surface area contributed by atoms with Crippen molar-refractivity contribution in [2.24, 2.45) is 0 Å². The van der Waals surface area contributed by atoms with Gasteiger partial charge in [0.1, 0.15) is 11.0 Å². The average molecular weight is 215 g/mol. The number of hydrogen-bond acceptors (Lipinski definition) is 2. The van der Waals surface area contributed by atoms with Crippen molar-refractivity contribution in [3.05, 3.63) is 45.7 Å². The number of allylic oxidation sites excluding steroid dienone is 5. The maximum absolute atomic E-state index is 10.3. The second-order valence-electron chi connectivity index (χ2n) is 1.95. The van der Waals surface area contributed by atoms with Crippen LogP contribution in [0.2, 0.25) is 0 Å². The number of rotatable bonds is 2. The highest BCUT2D eigenvalue weighted by Crippen LogP contribution is 2.14. The van der Waals surface area contributed by atoms with Crippen molar-refractivity contribution < 1.29 is 4.92 Å². The maximum atomic E-state index is 10.3. The molecule has 0 fully saturated rings. The Balaban J connectivity index is 3.04. The predicted molar refractivity (Wildman–Crippen MR) is 44.8 cm³/mol. The van der Waals surface area contributed by atoms with Crippen LogP contribution in [0.4, 0.5) is 0 Å². The minimum absolute atomic E-state index is 0.115. The number of alkyl halides is 1. The fourth-order valence-corrected chi connectivity index (χ4v) is 1.21. The fraction of sp³-hybridized carbons (Fsp3) is 0.143. The van der Waals surface area contributed by atoms with E-state index < -0.39 is 4.92 Å². The van der Waals surface area contributed by atoms with Gasteiger partial charge in [-0.1, -0.05) is 15.9 Å². The summed E-state index contributed by atoms with van der Waals surface area (Å²) in [6.45, 7) is 0. The number of hydrogen-bond donors (Lipinski definition) is 0. The zero-order valence-corrected chi connectivity index (χ0v) is 7.17. The topological polar surface area (TPSA) is 43.1 Å². The molecule has 0 aromatic heterocycles. The van der Waals surface area contributed by atoms with Crippen molar-refractivity contribution >= 4 is 15.9 Å². The van der Waals surface area contributed by atoms with Gasteiger partial charge in [-0.15, -0.1) is 0 Å². The molecule has 11 heavy (non-hydrogen) atoms. The standard InChI is InChI=1S/C7H5BrNO2/c8-5-6-3-1-2-4-7(6)9(10)11/h1,3-4H,5H2/q+1. The number of nitrogens with zero attached hydrogens (tertiary/aromatic N) is 1. The van der Waals surface area contributed by atoms with E-state index in [4.69, 9.17) is 0 Å². The molecule has 3 nitrogen and oxygen atoms in total. The molecule has 1 aliphatic carbocycles. The summed E-state index contributed by atoms with van der Waals surface area (Å²) in [7, 11) is 0. The molecule has 0 N–H and O–H groups in total. The van der Waals surface area contributed by atoms with Crippen molar-refractivity contribution in [2.75, 3.05) is 5.33 Å². The Morgan fingerprint density at radius 3 is 2.91 bits per heavy atom. The van der Waals surface area contributed by atoms with Gasteiger partial charge in [-0.3, -0.25) is 0 Å². The predicted octanol–water partition coefficient (Wildman–Crippen LogP) is 1.84. The van der Waals surface area contributed by atoms with Gasteiger partial charge in [0.2, 0.25) is 0 Å². The largest absolute Gasteiger partial charge is 0.382 e. The molecule has 0 aromatic carbocycles. The summed E-state index contributed by atoms with van der Waals surface area (Å²) in [5.74, 6) is 0. The van der Waals surface area contributed by atoms with E-state index in [-0.39, 0.29) is 5.70 Å². The molecule has 4 heteroatoms. The summed E-state index contributed by atoms with van der Waals surface area (Å²) in [5, 5.41) is 10.8. The molecule has 1 rings (SSSR count). The highest BCUT2D eigenvalue weighted by Gasteiger charge is 2.23. The zero-order valence-electron chi connectivity index (χ0n) is 5.58. The van der Waals surface area contributed by atoms with Crippen LogP contribution in [-0.2, 0) is 0 Å². The van der Waals surface area contributed by atoms with Gasteiger partial charge in [0, 0.05) is 6.08 Å². The first-order valence-electron chi connectivity index (χ1n) is 2.95. The van der Waals surface area contributed by atoms with Crippen molar-refractivity contribution in [1.29, 1.82) is 0 Å². The van der Waals surface area contributed by atoms with Gasteiger partial charge >= 0.3 is 5.70 Å². The minimum Gasteiger partial charge on any atom is -0.246 e. The van der Waals surface area contributed by atoms with Gasteiger partial charge < -0.3 is 0 Å². The summed E-state index contributed by atoms with van der Waals surface area (Å²) < 4.78 is 0. The molecule has 0 saturated carbocycles. The zero-order chi connectivity index (χ0) is 8.27. The smallest absolute Gasteiger partial charge is 0.246 e. The first kappa shape index (κ1) is 8.11. The molecule has 56 valence electrons. The van der Waals surface area contributed by atoms with E-state index in [0.29, 0.717) is 10.9 Å². The van der Waals surface area contributed by atoms with Crippen LogP contribution < -0.4 is 0 Å². The third-order valence-electron chi connectivity index (χ3n) is 1.27. The first-order valence-corrected chi connectivity index (χ1v) is 4.07. The highest BCUT2D eigenvalue weighted by molar-refractivity contribution is 9.09. The summed E-state index contributed by atoms with van der Waals surface area (Å²) in [5.41, 5.74) is 0.790. The molecule has 0 heterocycles. The Morgan fingerprint density at radius 2 is 2.45 bits per heavy atom. The number of halogens is 1. The molecular weight excluding hydrogens is 210 g/mol. The summed E-state index contributed by atoms with van der Waals surface area (Å²) in [6.07, 6.45) is 7.36. The van der Waals surface area contributed by atoms with E-state index in [0.717, 1.165) is 0 Å². The Labute approximate surface area is 72.4 Å². The lowest BCUT2D eigenvalue weighted by atomic mass is 10.1. The van der Waals surface area contributed by atoms with E-state index in [9.17, 15) is 10.1 Å². The summed E-state index contributed by atoms with van der Waals surface area (Å²) >= 11 is 3.16. The van der Waals surface area contributed by atoms with Gasteiger partial charge in [-0.25, -0.2) is 10.1 Å². The average Bonchev–Trinajstić information content (AvgIpc) is 2.04. The van der Waals surface area contributed by atoms with Crippen LogP contribution in [0.25, 0.3) is 0 Å². The third-order valence-corrected chi connectivity index (χ3v) is 1.87. The third kappa shape index (κ3) is 1.73. The molecule has 0 aromatic rings. The first-order chi connectivity index (χ1) is 5.25. The lowest BCUT2D eigenvalue weighted by Crippen LogP contribution is -2.02. The van der Waals surface area contributed by atoms with Gasteiger partial charge in [0.05, 0.1) is 11.4 Å². The van der Waals surface area contributed by atoms with Crippen LogP contribution in [0.5, 0.6) is 0 Å². The Morgan fingerprint density at radius 1 is 1.73 bits per heavy atom. The Hall–Kier alpha value is -0.990. The Kier molecular flexibility index (Phi) is 2.52. The number of nitro groups is 1. The fourth-order valence-electron chi connectivity index (χ4n) is 0.737. The SMILES string of the molecule is O=[N+]([O-])C1=C(CBr)C=C[C+]=C1. The lowest BCUT2D eigenvalue weighted by molar-refractivity contribution is -0.420. The van der Waals surface area contributed by atoms with E-state index in [1.807, 2.05) is 0 Å². The van der Waals surface area contributed by atoms with Crippen molar-refractivity contribution in [3.8, 4) is 0 Å². The summed E-state index contributed by atoms with van der Waals surface area (Å²) in [6, 6.07) is 0. The van der Waals surface area contributed by atoms with E-state index in [2.05, 4.69) is 22.0 Å². The highest BCUT2D eigenvalue weighted by atomic mass is 79.9. The molecule has 0 atom stereocenters. The lowest BCUT2D eigenvalue weighted by Gasteiger charge is -1.90. The van der Waals surface area contributed by atoms with Crippen LogP contribution in [0.15, 0.2) is 29.5 Å². The molecule has 0 amide bonds. The van der Waals surface area contributed by atoms with Crippen LogP contribution in [0.3, 0.4) is 0 Å². The van der Waals surface area contributed by atoms with E-state index in [1.54, 1.807) is 12.2 Å². The molecular formula is C7H5BrNO2+. The molecule has 1 aliphatic rings. The normalized spacial score (nSPS) is 15.0. The molecule has 0 bridgehead atoms. The van der Waals surface area contributed by atoms with Crippen molar-refractivity contribution in [1.82, 2.24) is 0 Å². The van der Waals surface area contributed by atoms with Crippen molar-refractivity contribution in [2.45, 2.75) is 0 Å². The quantitative estimate of drug-likeness (QED) is 0.305. The van der Waals surface area contributed by atoms with Crippen LogP contribution in [0.1, 0.15) is 0 Å². The Bertz CT molecular complexity index is 266. The van der Waals surface area contributed by atoms with Crippen LogP contribution in [-0.4, -0.2) is 10.3 Å². The van der Waals surface area contributed by atoms with Gasteiger partial charge in [-0.05, 0) is 0 Å². The van der Waals surface area contributed by atoms with E-state index in [1.165, 1.54) is 6.08 Å². The molecule has 0 spiro atoms. The summed E-state index contributed by atoms with van der Waals surface area (Å²) in [4.78, 5) is 9.94. The van der Waals surface area contributed by atoms with Gasteiger partial charge in [0.15, 0.2) is 11.6 Å². The van der Waals surface area contributed by atoms with Crippen LogP contribution in [0, 0.1) is 16.2 Å². The monoisotopic (exact) mass is 214 g/mol. The minimum atomic E-state index is -0.410. The second kappa shape index (κ2) is 3.42. The van der Waals surface area contributed by atoms with Crippen LogP contribution >= 0.6 is 15.9 Å². The van der Waals surface area contributed by atoms with Gasteiger partial charge in [-0.2, -0.15) is 0 Å². The molecule has 0 saturated heterocycles. The van der Waals surface area contributed by atoms with Crippen molar-refractivity contribution in [3.63, 3.8) is 0 Å². The molecule has 0 radical (unpaired) electrons. The van der Waals surface area contributed by atoms with Gasteiger partial charge in [0.25, 0.3) is 0 Å². The maximum Gasteiger partial charge on any atom is 0.382 e.